The Morgan fingerprint density at radius 3 is 2.86 bits per heavy atom. The van der Waals surface area contributed by atoms with E-state index >= 15 is 0 Å². The molecule has 0 saturated heterocycles. The Bertz CT molecular complexity index is 282. The quantitative estimate of drug-likeness (QED) is 0.845. The van der Waals surface area contributed by atoms with Gasteiger partial charge in [-0.1, -0.05) is 22.9 Å². The Hall–Kier alpha value is -0.770. The number of furan rings is 1. The van der Waals surface area contributed by atoms with E-state index in [1.165, 1.54) is 6.26 Å². The van der Waals surface area contributed by atoms with E-state index in [-0.39, 0.29) is 11.9 Å². The van der Waals surface area contributed by atoms with E-state index in [9.17, 15) is 4.79 Å². The van der Waals surface area contributed by atoms with E-state index in [2.05, 4.69) is 28.2 Å². The summed E-state index contributed by atoms with van der Waals surface area (Å²) in [6, 6.07) is 3.49. The molecule has 78 valence electrons. The van der Waals surface area contributed by atoms with Gasteiger partial charge in [-0.25, -0.2) is 0 Å². The third kappa shape index (κ3) is 3.54. The number of amides is 1. The highest BCUT2D eigenvalue weighted by Crippen LogP contribution is 2.07. The Kier molecular flexibility index (Phi) is 4.20. The van der Waals surface area contributed by atoms with Crippen molar-refractivity contribution in [3.8, 4) is 0 Å². The van der Waals surface area contributed by atoms with Crippen LogP contribution in [0.1, 0.15) is 30.8 Å². The molecule has 1 heterocycles. The molecule has 1 aromatic heterocycles. The van der Waals surface area contributed by atoms with Gasteiger partial charge in [0.2, 0.25) is 0 Å². The van der Waals surface area contributed by atoms with Gasteiger partial charge in [0.15, 0.2) is 5.76 Å². The van der Waals surface area contributed by atoms with Crippen LogP contribution in [0.15, 0.2) is 22.8 Å². The summed E-state index contributed by atoms with van der Waals surface area (Å²) in [5, 5.41) is 2.85. The monoisotopic (exact) mass is 259 g/mol. The van der Waals surface area contributed by atoms with Gasteiger partial charge in [-0.3, -0.25) is 4.79 Å². The van der Waals surface area contributed by atoms with Gasteiger partial charge in [0, 0.05) is 10.9 Å². The number of carbonyl (C=O) groups is 1. The molecule has 0 aliphatic heterocycles. The Morgan fingerprint density at radius 2 is 2.36 bits per heavy atom. The first-order valence-corrected chi connectivity index (χ1v) is 5.49. The number of halogens is 1. The third-order valence-electron chi connectivity index (χ3n) is 1.80. The second-order valence-electron chi connectivity index (χ2n) is 3.37. The number of alkyl halides is 1. The van der Waals surface area contributed by atoms with Crippen molar-refractivity contribution in [1.82, 2.24) is 5.32 Å². The predicted molar refractivity (Wildman–Crippen MR) is 58.6 cm³/mol. The van der Waals surface area contributed by atoms with Crippen LogP contribution in [-0.2, 0) is 0 Å². The minimum Gasteiger partial charge on any atom is -0.459 e. The lowest BCUT2D eigenvalue weighted by Gasteiger charge is -2.13. The van der Waals surface area contributed by atoms with Crippen molar-refractivity contribution in [2.75, 3.05) is 0 Å². The summed E-state index contributed by atoms with van der Waals surface area (Å²) < 4.78 is 4.98. The lowest BCUT2D eigenvalue weighted by Crippen LogP contribution is -2.33. The van der Waals surface area contributed by atoms with Gasteiger partial charge in [-0.05, 0) is 25.5 Å². The van der Waals surface area contributed by atoms with Gasteiger partial charge in [-0.2, -0.15) is 0 Å². The molecule has 3 nitrogen and oxygen atoms in total. The predicted octanol–water partition coefficient (Wildman–Crippen LogP) is 2.57. The molecule has 1 aromatic rings. The summed E-state index contributed by atoms with van der Waals surface area (Å²) in [6.45, 7) is 4.02. The number of hydrogen-bond donors (Lipinski definition) is 1. The van der Waals surface area contributed by atoms with Gasteiger partial charge < -0.3 is 9.73 Å². The zero-order valence-electron chi connectivity index (χ0n) is 8.29. The average Bonchev–Trinajstić information content (AvgIpc) is 2.53. The number of rotatable bonds is 4. The summed E-state index contributed by atoms with van der Waals surface area (Å²) in [5.74, 6) is 0.203. The van der Waals surface area contributed by atoms with Crippen LogP contribution in [0.4, 0.5) is 0 Å². The van der Waals surface area contributed by atoms with E-state index in [1.807, 2.05) is 6.92 Å². The van der Waals surface area contributed by atoms with Gasteiger partial charge in [0.05, 0.1) is 6.26 Å². The molecule has 0 spiro atoms. The number of nitrogens with one attached hydrogen (secondary N) is 1. The minimum atomic E-state index is -0.157. The molecule has 1 rings (SSSR count). The van der Waals surface area contributed by atoms with Crippen LogP contribution in [0.5, 0.6) is 0 Å². The van der Waals surface area contributed by atoms with Crippen molar-refractivity contribution in [3.63, 3.8) is 0 Å². The van der Waals surface area contributed by atoms with Crippen molar-refractivity contribution in [3.05, 3.63) is 24.2 Å². The molecule has 0 bridgehead atoms. The van der Waals surface area contributed by atoms with Gasteiger partial charge >= 0.3 is 0 Å². The molecule has 0 radical (unpaired) electrons. The van der Waals surface area contributed by atoms with Crippen molar-refractivity contribution >= 4 is 21.8 Å². The molecule has 1 N–H and O–H groups in total. The van der Waals surface area contributed by atoms with Crippen LogP contribution in [0, 0.1) is 0 Å². The Morgan fingerprint density at radius 1 is 1.64 bits per heavy atom. The Balaban J connectivity index is 2.41. The van der Waals surface area contributed by atoms with Gasteiger partial charge in [-0.15, -0.1) is 0 Å². The minimum absolute atomic E-state index is 0.141. The fourth-order valence-electron chi connectivity index (χ4n) is 1.25. The molecule has 0 aromatic carbocycles. The second-order valence-corrected chi connectivity index (χ2v) is 4.93. The van der Waals surface area contributed by atoms with Crippen molar-refractivity contribution in [2.24, 2.45) is 0 Å². The lowest BCUT2D eigenvalue weighted by molar-refractivity contribution is 0.0910. The fraction of sp³-hybridized carbons (Fsp3) is 0.500. The van der Waals surface area contributed by atoms with Crippen LogP contribution in [0.3, 0.4) is 0 Å². The first-order chi connectivity index (χ1) is 6.59. The maximum absolute atomic E-state index is 11.5. The highest BCUT2D eigenvalue weighted by atomic mass is 79.9. The Labute approximate surface area is 92.0 Å². The van der Waals surface area contributed by atoms with E-state index in [1.54, 1.807) is 12.1 Å². The lowest BCUT2D eigenvalue weighted by atomic mass is 10.2. The molecular formula is C10H14BrNO2. The number of hydrogen-bond acceptors (Lipinski definition) is 2. The topological polar surface area (TPSA) is 42.2 Å². The summed E-state index contributed by atoms with van der Waals surface area (Å²) in [7, 11) is 0. The molecule has 0 saturated carbocycles. The average molecular weight is 260 g/mol. The molecule has 1 amide bonds. The maximum Gasteiger partial charge on any atom is 0.287 e. The summed E-state index contributed by atoms with van der Waals surface area (Å²) in [4.78, 5) is 11.9. The van der Waals surface area contributed by atoms with Crippen LogP contribution >= 0.6 is 15.9 Å². The van der Waals surface area contributed by atoms with Gasteiger partial charge in [0.1, 0.15) is 0 Å². The van der Waals surface area contributed by atoms with E-state index in [0.29, 0.717) is 10.6 Å². The molecule has 14 heavy (non-hydrogen) atoms. The normalized spacial score (nSPS) is 14.8. The zero-order chi connectivity index (χ0) is 10.6. The van der Waals surface area contributed by atoms with E-state index in [0.717, 1.165) is 6.42 Å². The van der Waals surface area contributed by atoms with Crippen molar-refractivity contribution in [2.45, 2.75) is 31.1 Å². The standard InChI is InChI=1S/C10H14BrNO2/c1-7(11)6-8(2)12-10(13)9-4-3-5-14-9/h3-5,7-8H,6H2,1-2H3,(H,12,13). The summed E-state index contributed by atoms with van der Waals surface area (Å²) in [5.41, 5.74) is 0. The van der Waals surface area contributed by atoms with Crippen molar-refractivity contribution < 1.29 is 9.21 Å². The molecule has 0 aliphatic carbocycles. The van der Waals surface area contributed by atoms with Crippen molar-refractivity contribution in [1.29, 1.82) is 0 Å². The molecule has 0 fully saturated rings. The smallest absolute Gasteiger partial charge is 0.287 e. The van der Waals surface area contributed by atoms with Gasteiger partial charge in [0.25, 0.3) is 5.91 Å². The highest BCUT2D eigenvalue weighted by molar-refractivity contribution is 9.09. The molecule has 2 unspecified atom stereocenters. The molecule has 2 atom stereocenters. The highest BCUT2D eigenvalue weighted by Gasteiger charge is 2.12. The number of carbonyl (C=O) groups excluding carboxylic acids is 1. The second kappa shape index (κ2) is 5.20. The third-order valence-corrected chi connectivity index (χ3v) is 2.17. The van der Waals surface area contributed by atoms with E-state index in [4.69, 9.17) is 4.42 Å². The first-order valence-electron chi connectivity index (χ1n) is 4.58. The molecular weight excluding hydrogens is 246 g/mol. The van der Waals surface area contributed by atoms with Crippen LogP contribution in [-0.4, -0.2) is 16.8 Å². The van der Waals surface area contributed by atoms with Crippen LogP contribution in [0.2, 0.25) is 0 Å². The molecule has 0 aliphatic rings. The maximum atomic E-state index is 11.5. The molecule has 4 heteroatoms. The summed E-state index contributed by atoms with van der Waals surface area (Å²) >= 11 is 3.44. The van der Waals surface area contributed by atoms with E-state index < -0.39 is 0 Å². The van der Waals surface area contributed by atoms with Crippen LogP contribution in [0.25, 0.3) is 0 Å². The zero-order valence-corrected chi connectivity index (χ0v) is 9.87. The first kappa shape index (κ1) is 11.3. The van der Waals surface area contributed by atoms with Crippen LogP contribution < -0.4 is 5.32 Å². The fourth-order valence-corrected chi connectivity index (χ4v) is 1.81. The largest absolute Gasteiger partial charge is 0.459 e. The SMILES string of the molecule is CC(Br)CC(C)NC(=O)c1ccco1. The summed E-state index contributed by atoms with van der Waals surface area (Å²) in [6.07, 6.45) is 2.39.